The van der Waals surface area contributed by atoms with Crippen molar-refractivity contribution in [3.05, 3.63) is 53.1 Å². The third-order valence-electron chi connectivity index (χ3n) is 6.85. The van der Waals surface area contributed by atoms with Crippen LogP contribution in [0.5, 0.6) is 5.75 Å². The van der Waals surface area contributed by atoms with Gasteiger partial charge in [0.25, 0.3) is 10.0 Å². The molecule has 2 heterocycles. The fraction of sp³-hybridized carbons (Fsp3) is 0.538. The van der Waals surface area contributed by atoms with Gasteiger partial charge in [-0.25, -0.2) is 8.42 Å². The van der Waals surface area contributed by atoms with Gasteiger partial charge in [-0.1, -0.05) is 26.0 Å². The number of hydrogen-bond donors (Lipinski definition) is 1. The van der Waals surface area contributed by atoms with Crippen LogP contribution in [0.1, 0.15) is 62.8 Å². The zero-order valence-corrected chi connectivity index (χ0v) is 20.6. The van der Waals surface area contributed by atoms with E-state index in [1.165, 1.54) is 4.31 Å². The maximum atomic E-state index is 13.8. The third-order valence-corrected chi connectivity index (χ3v) is 8.77. The summed E-state index contributed by atoms with van der Waals surface area (Å²) < 4.78 is 40.6. The lowest BCUT2D eigenvalue weighted by atomic mass is 9.94. The molecule has 0 amide bonds. The van der Waals surface area contributed by atoms with Gasteiger partial charge >= 0.3 is 0 Å². The molecule has 2 aromatic carbocycles. The number of nitrogens with zero attached hydrogens (tertiary/aromatic N) is 1. The number of aryl methyl sites for hydroxylation is 2. The molecule has 0 saturated carbocycles. The van der Waals surface area contributed by atoms with Crippen molar-refractivity contribution in [1.82, 2.24) is 0 Å². The predicted molar refractivity (Wildman–Crippen MR) is 129 cm³/mol. The van der Waals surface area contributed by atoms with Gasteiger partial charge in [0.15, 0.2) is 0 Å². The summed E-state index contributed by atoms with van der Waals surface area (Å²) in [6, 6.07) is 10.5. The Morgan fingerprint density at radius 1 is 1.09 bits per heavy atom. The first-order valence-corrected chi connectivity index (χ1v) is 13.5. The topological polar surface area (TPSA) is 76.1 Å². The Morgan fingerprint density at radius 2 is 1.85 bits per heavy atom. The molecule has 180 valence electrons. The highest BCUT2D eigenvalue weighted by atomic mass is 32.2. The van der Waals surface area contributed by atoms with Crippen molar-refractivity contribution in [3.63, 3.8) is 0 Å². The van der Waals surface area contributed by atoms with Gasteiger partial charge in [0.1, 0.15) is 5.75 Å². The van der Waals surface area contributed by atoms with Gasteiger partial charge in [0, 0.05) is 24.8 Å². The van der Waals surface area contributed by atoms with Crippen LogP contribution in [0.2, 0.25) is 0 Å². The maximum Gasteiger partial charge on any atom is 0.264 e. The van der Waals surface area contributed by atoms with Gasteiger partial charge in [0.05, 0.1) is 23.3 Å². The second kappa shape index (κ2) is 10.0. The van der Waals surface area contributed by atoms with Gasteiger partial charge in [-0.05, 0) is 80.3 Å². The molecule has 1 saturated heterocycles. The van der Waals surface area contributed by atoms with Crippen LogP contribution in [0.3, 0.4) is 0 Å². The molecule has 7 heteroatoms. The van der Waals surface area contributed by atoms with Crippen LogP contribution in [0, 0.1) is 5.92 Å². The highest BCUT2D eigenvalue weighted by Crippen LogP contribution is 2.41. The minimum Gasteiger partial charge on any atom is -0.493 e. The monoisotopic (exact) mass is 473 g/mol. The zero-order valence-electron chi connectivity index (χ0n) is 19.8. The fourth-order valence-electron chi connectivity index (χ4n) is 4.81. The smallest absolute Gasteiger partial charge is 0.264 e. The lowest BCUT2D eigenvalue weighted by Gasteiger charge is -2.38. The van der Waals surface area contributed by atoms with Crippen molar-refractivity contribution >= 4 is 15.7 Å². The molecule has 2 aliphatic heterocycles. The largest absolute Gasteiger partial charge is 0.493 e. The molecule has 6 nitrogen and oxygen atoms in total. The molecule has 4 rings (SSSR count). The molecule has 2 aromatic rings. The molecular weight excluding hydrogens is 438 g/mol. The van der Waals surface area contributed by atoms with E-state index in [4.69, 9.17) is 9.47 Å². The van der Waals surface area contributed by atoms with Crippen LogP contribution in [0.25, 0.3) is 0 Å². The summed E-state index contributed by atoms with van der Waals surface area (Å²) in [4.78, 5) is 0.256. The summed E-state index contributed by atoms with van der Waals surface area (Å²) in [5, 5.41) is 10.6. The van der Waals surface area contributed by atoms with Gasteiger partial charge in [-0.3, -0.25) is 4.31 Å². The molecule has 0 radical (unpaired) electrons. The third kappa shape index (κ3) is 4.91. The van der Waals surface area contributed by atoms with Crippen molar-refractivity contribution in [3.8, 4) is 5.75 Å². The Kier molecular flexibility index (Phi) is 7.31. The van der Waals surface area contributed by atoms with E-state index < -0.39 is 16.1 Å². The van der Waals surface area contributed by atoms with Gasteiger partial charge in [-0.15, -0.1) is 0 Å². The lowest BCUT2D eigenvalue weighted by molar-refractivity contribution is 0.0496. The van der Waals surface area contributed by atoms with E-state index in [0.717, 1.165) is 49.4 Å². The Bertz CT molecular complexity index is 1080. The molecule has 2 aliphatic rings. The second-order valence-corrected chi connectivity index (χ2v) is 11.0. The van der Waals surface area contributed by atoms with E-state index in [2.05, 4.69) is 0 Å². The van der Waals surface area contributed by atoms with Crippen LogP contribution in [-0.2, 0) is 27.6 Å². The number of anilines is 1. The first-order chi connectivity index (χ1) is 15.8. The molecule has 2 unspecified atom stereocenters. The molecule has 1 N–H and O–H groups in total. The number of aliphatic hydroxyl groups excluding tert-OH is 1. The molecule has 0 spiro atoms. The van der Waals surface area contributed by atoms with Crippen molar-refractivity contribution < 1.29 is 23.0 Å². The molecule has 0 aliphatic carbocycles. The molecule has 0 bridgehead atoms. The normalized spacial score (nSPS) is 21.6. The number of sulfonamides is 1. The quantitative estimate of drug-likeness (QED) is 0.634. The average molecular weight is 474 g/mol. The molecule has 0 aromatic heterocycles. The standard InChI is InChI=1S/C26H35NO5S/c1-4-19-6-8-24-23(15-19)25(28)14-18(3)27(24)33(29,30)22-7-9-26(21(5-2)16-22)32-17-20-10-12-31-13-11-20/h6-9,15-16,18,20,25,28H,4-5,10-14,17H2,1-3H3. The minimum absolute atomic E-state index is 0.256. The van der Waals surface area contributed by atoms with E-state index in [0.29, 0.717) is 36.6 Å². The Hall–Kier alpha value is -2.09. The number of aliphatic hydroxyl groups is 1. The molecule has 2 atom stereocenters. The van der Waals surface area contributed by atoms with Crippen molar-refractivity contribution in [2.75, 3.05) is 24.1 Å². The minimum atomic E-state index is -3.80. The Labute approximate surface area is 197 Å². The summed E-state index contributed by atoms with van der Waals surface area (Å²) in [6.45, 7) is 8.08. The number of rotatable bonds is 7. The Balaban J connectivity index is 1.63. The summed E-state index contributed by atoms with van der Waals surface area (Å²) in [7, 11) is -3.80. The van der Waals surface area contributed by atoms with Gasteiger partial charge < -0.3 is 14.6 Å². The summed E-state index contributed by atoms with van der Waals surface area (Å²) in [5.74, 6) is 1.22. The fourth-order valence-corrected chi connectivity index (χ4v) is 6.55. The SMILES string of the molecule is CCc1ccc2c(c1)C(O)CC(C)N2S(=O)(=O)c1ccc(OCC2CCOCC2)c(CC)c1. The van der Waals surface area contributed by atoms with Gasteiger partial charge in [-0.2, -0.15) is 0 Å². The number of hydrogen-bond acceptors (Lipinski definition) is 5. The zero-order chi connectivity index (χ0) is 23.6. The summed E-state index contributed by atoms with van der Waals surface area (Å²) >= 11 is 0. The number of benzene rings is 2. The summed E-state index contributed by atoms with van der Waals surface area (Å²) in [5.41, 5.74) is 3.22. The van der Waals surface area contributed by atoms with Crippen molar-refractivity contribution in [2.24, 2.45) is 5.92 Å². The Morgan fingerprint density at radius 3 is 2.55 bits per heavy atom. The van der Waals surface area contributed by atoms with Gasteiger partial charge in [0.2, 0.25) is 0 Å². The second-order valence-electron chi connectivity index (χ2n) is 9.14. The van der Waals surface area contributed by atoms with Crippen LogP contribution >= 0.6 is 0 Å². The number of ether oxygens (including phenoxy) is 2. The van der Waals surface area contributed by atoms with Crippen LogP contribution in [0.4, 0.5) is 5.69 Å². The predicted octanol–water partition coefficient (Wildman–Crippen LogP) is 4.64. The van der Waals surface area contributed by atoms with E-state index in [9.17, 15) is 13.5 Å². The average Bonchev–Trinajstić information content (AvgIpc) is 2.82. The van der Waals surface area contributed by atoms with Crippen molar-refractivity contribution in [1.29, 1.82) is 0 Å². The molecular formula is C26H35NO5S. The van der Waals surface area contributed by atoms with Crippen LogP contribution in [0.15, 0.2) is 41.3 Å². The van der Waals surface area contributed by atoms with E-state index in [1.807, 2.05) is 39.0 Å². The van der Waals surface area contributed by atoms with E-state index in [1.54, 1.807) is 18.2 Å². The molecule has 1 fully saturated rings. The maximum absolute atomic E-state index is 13.8. The van der Waals surface area contributed by atoms with Crippen LogP contribution in [-0.4, -0.2) is 39.4 Å². The van der Waals surface area contributed by atoms with E-state index in [-0.39, 0.29) is 10.9 Å². The van der Waals surface area contributed by atoms with E-state index >= 15 is 0 Å². The highest BCUT2D eigenvalue weighted by Gasteiger charge is 2.37. The van der Waals surface area contributed by atoms with Crippen LogP contribution < -0.4 is 9.04 Å². The first kappa shape index (κ1) is 24.0. The lowest BCUT2D eigenvalue weighted by Crippen LogP contribution is -2.43. The molecule has 33 heavy (non-hydrogen) atoms. The highest BCUT2D eigenvalue weighted by molar-refractivity contribution is 7.92. The number of fused-ring (bicyclic) bond motifs is 1. The van der Waals surface area contributed by atoms with Crippen molar-refractivity contribution in [2.45, 2.75) is 69.9 Å². The summed E-state index contributed by atoms with van der Waals surface area (Å²) in [6.07, 6.45) is 3.19. The first-order valence-electron chi connectivity index (χ1n) is 12.0.